The van der Waals surface area contributed by atoms with Crippen molar-refractivity contribution in [2.24, 2.45) is 0 Å². The summed E-state index contributed by atoms with van der Waals surface area (Å²) >= 11 is 0. The number of sulfonamides is 1. The van der Waals surface area contributed by atoms with Crippen molar-refractivity contribution in [2.75, 3.05) is 29.7 Å². The Balaban J connectivity index is 1.64. The maximum absolute atomic E-state index is 12.6. The Morgan fingerprint density at radius 2 is 1.62 bits per heavy atom. The first-order valence-electron chi connectivity index (χ1n) is 9.35. The number of imide groups is 1. The highest BCUT2D eigenvalue weighted by Gasteiger charge is 2.31. The summed E-state index contributed by atoms with van der Waals surface area (Å²) in [5, 5.41) is 2.49. The number of anilines is 2. The van der Waals surface area contributed by atoms with Gasteiger partial charge in [-0.2, -0.15) is 0 Å². The van der Waals surface area contributed by atoms with Crippen LogP contribution in [0.2, 0.25) is 0 Å². The summed E-state index contributed by atoms with van der Waals surface area (Å²) in [7, 11) is -3.96. The first kappa shape index (κ1) is 22.8. The van der Waals surface area contributed by atoms with Crippen LogP contribution in [0, 0.1) is 13.8 Å². The minimum Gasteiger partial charge on any atom is -0.327 e. The van der Waals surface area contributed by atoms with Gasteiger partial charge in [0, 0.05) is 17.1 Å². The van der Waals surface area contributed by atoms with Gasteiger partial charge in [0.1, 0.15) is 19.6 Å². The lowest BCUT2D eigenvalue weighted by Crippen LogP contribution is -2.55. The van der Waals surface area contributed by atoms with Crippen molar-refractivity contribution in [1.29, 1.82) is 0 Å². The number of aromatic nitrogens is 2. The molecule has 1 aliphatic rings. The highest BCUT2D eigenvalue weighted by Crippen LogP contribution is 2.17. The SMILES string of the molecule is Cc1cc(C)nc(NS(=O)(=O)c2ccc(NC(=O)CN3C(=O)CN(C=O)CC3=O)cc2)n1. The molecule has 0 saturated carbocycles. The van der Waals surface area contributed by atoms with Gasteiger partial charge in [-0.25, -0.2) is 23.1 Å². The summed E-state index contributed by atoms with van der Waals surface area (Å²) in [6.45, 7) is 2.34. The summed E-state index contributed by atoms with van der Waals surface area (Å²) in [5.74, 6) is -2.03. The first-order chi connectivity index (χ1) is 15.1. The van der Waals surface area contributed by atoms with Crippen molar-refractivity contribution >= 4 is 45.8 Å². The molecule has 3 rings (SSSR count). The lowest BCUT2D eigenvalue weighted by atomic mass is 10.3. The van der Waals surface area contributed by atoms with Crippen molar-refractivity contribution in [3.63, 3.8) is 0 Å². The molecule has 1 saturated heterocycles. The van der Waals surface area contributed by atoms with E-state index in [9.17, 15) is 27.6 Å². The molecule has 1 fully saturated rings. The smallest absolute Gasteiger partial charge is 0.264 e. The molecule has 0 aliphatic carbocycles. The molecule has 0 bridgehead atoms. The summed E-state index contributed by atoms with van der Waals surface area (Å²) in [5.41, 5.74) is 1.48. The Bertz CT molecular complexity index is 1140. The van der Waals surface area contributed by atoms with Crippen LogP contribution in [0.5, 0.6) is 0 Å². The molecule has 2 aromatic rings. The fraction of sp³-hybridized carbons (Fsp3) is 0.263. The standard InChI is InChI=1S/C19H20N6O6S/c1-12-7-13(2)21-19(20-12)23-32(30,31)15-5-3-14(4-6-15)22-16(27)8-25-17(28)9-24(11-26)10-18(25)29/h3-7,11H,8-10H2,1-2H3,(H,22,27)(H,20,21,23). The second-order valence-corrected chi connectivity index (χ2v) is 8.72. The van der Waals surface area contributed by atoms with Crippen LogP contribution in [-0.2, 0) is 29.2 Å². The predicted molar refractivity (Wildman–Crippen MR) is 112 cm³/mol. The first-order valence-corrected chi connectivity index (χ1v) is 10.8. The largest absolute Gasteiger partial charge is 0.327 e. The number of nitrogens with one attached hydrogen (secondary N) is 2. The molecule has 32 heavy (non-hydrogen) atoms. The van der Waals surface area contributed by atoms with Crippen LogP contribution < -0.4 is 10.0 Å². The molecule has 0 radical (unpaired) electrons. The van der Waals surface area contributed by atoms with E-state index in [1.807, 2.05) is 0 Å². The van der Waals surface area contributed by atoms with Crippen LogP contribution in [0.25, 0.3) is 0 Å². The summed E-state index contributed by atoms with van der Waals surface area (Å²) in [4.78, 5) is 56.6. The second-order valence-electron chi connectivity index (χ2n) is 7.04. The van der Waals surface area contributed by atoms with Gasteiger partial charge in [-0.3, -0.25) is 24.1 Å². The molecular formula is C19H20N6O6S. The molecular weight excluding hydrogens is 440 g/mol. The van der Waals surface area contributed by atoms with Gasteiger partial charge in [-0.1, -0.05) is 0 Å². The maximum Gasteiger partial charge on any atom is 0.264 e. The van der Waals surface area contributed by atoms with Crippen LogP contribution >= 0.6 is 0 Å². The Labute approximate surface area is 183 Å². The number of piperazine rings is 1. The number of carbonyl (C=O) groups is 4. The molecule has 13 heteroatoms. The summed E-state index contributed by atoms with van der Waals surface area (Å²) < 4.78 is 27.4. The zero-order chi connectivity index (χ0) is 23.5. The van der Waals surface area contributed by atoms with Crippen LogP contribution in [0.4, 0.5) is 11.6 Å². The van der Waals surface area contributed by atoms with Gasteiger partial charge in [-0.15, -0.1) is 0 Å². The number of hydrogen-bond acceptors (Lipinski definition) is 8. The monoisotopic (exact) mass is 460 g/mol. The van der Waals surface area contributed by atoms with Crippen molar-refractivity contribution in [3.05, 3.63) is 41.7 Å². The van der Waals surface area contributed by atoms with Crippen molar-refractivity contribution in [3.8, 4) is 0 Å². The third kappa shape index (κ3) is 5.43. The zero-order valence-corrected chi connectivity index (χ0v) is 18.0. The van der Waals surface area contributed by atoms with Gasteiger partial charge in [0.15, 0.2) is 0 Å². The van der Waals surface area contributed by atoms with Gasteiger partial charge < -0.3 is 10.2 Å². The lowest BCUT2D eigenvalue weighted by Gasteiger charge is -2.29. The summed E-state index contributed by atoms with van der Waals surface area (Å²) in [6, 6.07) is 6.99. The van der Waals surface area contributed by atoms with Crippen molar-refractivity contribution in [2.45, 2.75) is 18.7 Å². The van der Waals surface area contributed by atoms with Gasteiger partial charge in [-0.05, 0) is 44.2 Å². The molecule has 0 atom stereocenters. The molecule has 168 valence electrons. The molecule has 12 nitrogen and oxygen atoms in total. The van der Waals surface area contributed by atoms with E-state index in [-0.39, 0.29) is 29.6 Å². The number of nitrogens with zero attached hydrogens (tertiary/aromatic N) is 4. The topological polar surface area (TPSA) is 159 Å². The molecule has 2 N–H and O–H groups in total. The number of carbonyl (C=O) groups excluding carboxylic acids is 4. The molecule has 2 heterocycles. The third-order valence-corrected chi connectivity index (χ3v) is 5.73. The van der Waals surface area contributed by atoms with E-state index in [0.29, 0.717) is 17.8 Å². The van der Waals surface area contributed by atoms with E-state index >= 15 is 0 Å². The number of aryl methyl sites for hydroxylation is 2. The fourth-order valence-corrected chi connectivity index (χ4v) is 3.92. The number of hydrogen-bond donors (Lipinski definition) is 2. The van der Waals surface area contributed by atoms with E-state index < -0.39 is 34.3 Å². The van der Waals surface area contributed by atoms with Crippen LogP contribution in [0.3, 0.4) is 0 Å². The van der Waals surface area contributed by atoms with E-state index in [1.54, 1.807) is 19.9 Å². The van der Waals surface area contributed by atoms with Crippen LogP contribution in [-0.4, -0.2) is 72.0 Å². The number of rotatable bonds is 7. The Hall–Kier alpha value is -3.87. The molecule has 1 aromatic carbocycles. The minimum atomic E-state index is -3.96. The molecule has 1 aliphatic heterocycles. The predicted octanol–water partition coefficient (Wildman–Crippen LogP) is -0.340. The molecule has 0 spiro atoms. The van der Waals surface area contributed by atoms with E-state index in [2.05, 4.69) is 20.0 Å². The fourth-order valence-electron chi connectivity index (χ4n) is 2.98. The van der Waals surface area contributed by atoms with Gasteiger partial charge in [0.2, 0.25) is 30.1 Å². The van der Waals surface area contributed by atoms with Crippen molar-refractivity contribution in [1.82, 2.24) is 19.8 Å². The maximum atomic E-state index is 12.6. The van der Waals surface area contributed by atoms with E-state index in [4.69, 9.17) is 0 Å². The minimum absolute atomic E-state index is 0.0520. The van der Waals surface area contributed by atoms with Gasteiger partial charge >= 0.3 is 0 Å². The van der Waals surface area contributed by atoms with E-state index in [1.165, 1.54) is 24.3 Å². The normalized spacial score (nSPS) is 14.3. The van der Waals surface area contributed by atoms with Crippen LogP contribution in [0.1, 0.15) is 11.4 Å². The third-order valence-electron chi connectivity index (χ3n) is 4.39. The Morgan fingerprint density at radius 3 is 2.16 bits per heavy atom. The van der Waals surface area contributed by atoms with Crippen molar-refractivity contribution < 1.29 is 27.6 Å². The van der Waals surface area contributed by atoms with E-state index in [0.717, 1.165) is 9.80 Å². The lowest BCUT2D eigenvalue weighted by molar-refractivity contribution is -0.155. The highest BCUT2D eigenvalue weighted by atomic mass is 32.2. The Kier molecular flexibility index (Phi) is 6.48. The van der Waals surface area contributed by atoms with Gasteiger partial charge in [0.05, 0.1) is 4.90 Å². The molecule has 0 unspecified atom stereocenters. The summed E-state index contributed by atoms with van der Waals surface area (Å²) in [6.07, 6.45) is 0.393. The average Bonchev–Trinajstić information content (AvgIpc) is 2.69. The quantitative estimate of drug-likeness (QED) is 0.419. The average molecular weight is 460 g/mol. The highest BCUT2D eigenvalue weighted by molar-refractivity contribution is 7.92. The zero-order valence-electron chi connectivity index (χ0n) is 17.2. The van der Waals surface area contributed by atoms with Gasteiger partial charge in [0.25, 0.3) is 10.0 Å². The number of amides is 4. The molecule has 4 amide bonds. The molecule has 1 aromatic heterocycles. The van der Waals surface area contributed by atoms with Crippen LogP contribution in [0.15, 0.2) is 35.2 Å². The Morgan fingerprint density at radius 1 is 1.06 bits per heavy atom. The number of benzene rings is 1. The second kappa shape index (κ2) is 9.09.